The number of terminal acetylenes is 1. The molecule has 1 rings (SSSR count). The summed E-state index contributed by atoms with van der Waals surface area (Å²) >= 11 is 1.70. The van der Waals surface area contributed by atoms with Crippen molar-refractivity contribution < 1.29 is 0 Å². The zero-order valence-electron chi connectivity index (χ0n) is 7.73. The van der Waals surface area contributed by atoms with Gasteiger partial charge in [0.05, 0.1) is 5.75 Å². The van der Waals surface area contributed by atoms with E-state index in [0.717, 1.165) is 23.9 Å². The number of hydrogen-bond donors (Lipinski definition) is 2. The van der Waals surface area contributed by atoms with Crippen molar-refractivity contribution in [3.05, 3.63) is 12.3 Å². The Bertz CT molecular complexity index is 321. The molecule has 0 fully saturated rings. The summed E-state index contributed by atoms with van der Waals surface area (Å²) in [5.74, 6) is 5.29. The second kappa shape index (κ2) is 6.11. The van der Waals surface area contributed by atoms with Gasteiger partial charge >= 0.3 is 0 Å². The lowest BCUT2D eigenvalue weighted by molar-refractivity contribution is 1.13. The molecule has 1 aromatic rings. The van der Waals surface area contributed by atoms with Crippen LogP contribution < -0.4 is 11.1 Å². The van der Waals surface area contributed by atoms with Crippen LogP contribution in [0.3, 0.4) is 0 Å². The van der Waals surface area contributed by atoms with Crippen LogP contribution in [0.5, 0.6) is 0 Å². The van der Waals surface area contributed by atoms with Crippen LogP contribution in [0.2, 0.25) is 0 Å². The van der Waals surface area contributed by atoms with E-state index in [1.165, 1.54) is 0 Å². The number of nitrogen functional groups attached to an aromatic ring is 1. The summed E-state index contributed by atoms with van der Waals surface area (Å²) in [6.07, 6.45) is 6.74. The first-order valence-corrected chi connectivity index (χ1v) is 5.32. The normalized spacial score (nSPS) is 9.36. The molecule has 5 heteroatoms. The molecule has 0 aromatic carbocycles. The monoisotopic (exact) mass is 208 g/mol. The minimum absolute atomic E-state index is 0.284. The van der Waals surface area contributed by atoms with Crippen molar-refractivity contribution in [2.45, 2.75) is 0 Å². The van der Waals surface area contributed by atoms with Gasteiger partial charge in [0.25, 0.3) is 0 Å². The first-order chi connectivity index (χ1) is 6.83. The SMILES string of the molecule is C#CCSCCNc1ccnc(N)n1. The number of hydrogen-bond acceptors (Lipinski definition) is 5. The summed E-state index contributed by atoms with van der Waals surface area (Å²) < 4.78 is 0. The fraction of sp³-hybridized carbons (Fsp3) is 0.333. The molecule has 0 radical (unpaired) electrons. The Morgan fingerprint density at radius 2 is 2.50 bits per heavy atom. The van der Waals surface area contributed by atoms with Gasteiger partial charge in [-0.2, -0.15) is 4.98 Å². The van der Waals surface area contributed by atoms with Crippen LogP contribution >= 0.6 is 11.8 Å². The molecule has 0 bridgehead atoms. The van der Waals surface area contributed by atoms with E-state index in [4.69, 9.17) is 12.2 Å². The van der Waals surface area contributed by atoms with E-state index in [-0.39, 0.29) is 5.95 Å². The van der Waals surface area contributed by atoms with Gasteiger partial charge in [-0.3, -0.25) is 0 Å². The second-order valence-electron chi connectivity index (χ2n) is 2.48. The lowest BCUT2D eigenvalue weighted by Gasteiger charge is -2.03. The Morgan fingerprint density at radius 1 is 1.64 bits per heavy atom. The lowest BCUT2D eigenvalue weighted by atomic mass is 10.5. The molecular formula is C9H12N4S. The van der Waals surface area contributed by atoms with Gasteiger partial charge in [0, 0.05) is 18.5 Å². The van der Waals surface area contributed by atoms with Crippen LogP contribution in [-0.2, 0) is 0 Å². The van der Waals surface area contributed by atoms with Crippen molar-refractivity contribution in [3.8, 4) is 12.3 Å². The average molecular weight is 208 g/mol. The fourth-order valence-corrected chi connectivity index (χ4v) is 1.36. The highest BCUT2D eigenvalue weighted by Crippen LogP contribution is 2.03. The number of anilines is 2. The minimum Gasteiger partial charge on any atom is -0.369 e. The summed E-state index contributed by atoms with van der Waals surface area (Å²) in [6, 6.07) is 1.78. The Kier molecular flexibility index (Phi) is 4.65. The summed E-state index contributed by atoms with van der Waals surface area (Å²) in [5.41, 5.74) is 5.42. The molecule has 14 heavy (non-hydrogen) atoms. The predicted molar refractivity (Wildman–Crippen MR) is 61.1 cm³/mol. The molecule has 1 heterocycles. The Hall–Kier alpha value is -1.41. The maximum atomic E-state index is 5.42. The van der Waals surface area contributed by atoms with E-state index in [0.29, 0.717) is 0 Å². The molecule has 4 nitrogen and oxygen atoms in total. The van der Waals surface area contributed by atoms with Crippen molar-refractivity contribution >= 4 is 23.5 Å². The summed E-state index contributed by atoms with van der Waals surface area (Å²) in [4.78, 5) is 7.79. The largest absolute Gasteiger partial charge is 0.369 e. The van der Waals surface area contributed by atoms with Gasteiger partial charge in [0.15, 0.2) is 0 Å². The third kappa shape index (κ3) is 4.01. The number of nitrogens with zero attached hydrogens (tertiary/aromatic N) is 2. The van der Waals surface area contributed by atoms with Crippen molar-refractivity contribution in [1.29, 1.82) is 0 Å². The lowest BCUT2D eigenvalue weighted by Crippen LogP contribution is -2.07. The van der Waals surface area contributed by atoms with Gasteiger partial charge in [-0.25, -0.2) is 4.98 Å². The van der Waals surface area contributed by atoms with Crippen molar-refractivity contribution in [3.63, 3.8) is 0 Å². The van der Waals surface area contributed by atoms with E-state index in [2.05, 4.69) is 21.2 Å². The standard InChI is InChI=1S/C9H12N4S/c1-2-6-14-7-5-11-8-3-4-12-9(10)13-8/h1,3-4H,5-7H2,(H3,10,11,12,13). The molecule has 0 atom stereocenters. The van der Waals surface area contributed by atoms with E-state index in [1.807, 2.05) is 0 Å². The molecule has 74 valence electrons. The van der Waals surface area contributed by atoms with E-state index in [1.54, 1.807) is 24.0 Å². The third-order valence-corrected chi connectivity index (χ3v) is 2.28. The molecule has 3 N–H and O–H groups in total. The predicted octanol–water partition coefficient (Wildman–Crippen LogP) is 0.837. The number of nitrogens with one attached hydrogen (secondary N) is 1. The van der Waals surface area contributed by atoms with Gasteiger partial charge < -0.3 is 11.1 Å². The van der Waals surface area contributed by atoms with E-state index in [9.17, 15) is 0 Å². The van der Waals surface area contributed by atoms with Crippen LogP contribution in [0, 0.1) is 12.3 Å². The molecule has 1 aromatic heterocycles. The van der Waals surface area contributed by atoms with Crippen LogP contribution in [0.25, 0.3) is 0 Å². The molecule has 0 saturated carbocycles. The highest BCUT2D eigenvalue weighted by molar-refractivity contribution is 7.99. The first kappa shape index (κ1) is 10.7. The van der Waals surface area contributed by atoms with Crippen LogP contribution in [0.15, 0.2) is 12.3 Å². The summed E-state index contributed by atoms with van der Waals surface area (Å²) in [6.45, 7) is 0.822. The van der Waals surface area contributed by atoms with Crippen molar-refractivity contribution in [1.82, 2.24) is 9.97 Å². The second-order valence-corrected chi connectivity index (χ2v) is 3.59. The zero-order chi connectivity index (χ0) is 10.2. The maximum absolute atomic E-state index is 5.42. The van der Waals surface area contributed by atoms with Crippen LogP contribution in [0.1, 0.15) is 0 Å². The number of thioether (sulfide) groups is 1. The molecule has 0 aliphatic carbocycles. The molecule has 0 aliphatic rings. The summed E-state index contributed by atoms with van der Waals surface area (Å²) in [7, 11) is 0. The Morgan fingerprint density at radius 3 is 3.21 bits per heavy atom. The molecule has 0 saturated heterocycles. The quantitative estimate of drug-likeness (QED) is 0.554. The molecule has 0 spiro atoms. The Labute approximate surface area is 87.7 Å². The van der Waals surface area contributed by atoms with E-state index < -0.39 is 0 Å². The smallest absolute Gasteiger partial charge is 0.221 e. The number of aromatic nitrogens is 2. The van der Waals surface area contributed by atoms with Crippen LogP contribution in [-0.4, -0.2) is 28.0 Å². The highest BCUT2D eigenvalue weighted by atomic mass is 32.2. The average Bonchev–Trinajstić information content (AvgIpc) is 2.18. The Balaban J connectivity index is 2.22. The van der Waals surface area contributed by atoms with Gasteiger partial charge in [-0.05, 0) is 6.07 Å². The van der Waals surface area contributed by atoms with Gasteiger partial charge in [-0.1, -0.05) is 5.92 Å². The van der Waals surface area contributed by atoms with Crippen LogP contribution in [0.4, 0.5) is 11.8 Å². The van der Waals surface area contributed by atoms with Gasteiger partial charge in [0.2, 0.25) is 5.95 Å². The fourth-order valence-electron chi connectivity index (χ4n) is 0.855. The summed E-state index contributed by atoms with van der Waals surface area (Å²) in [5, 5.41) is 3.12. The van der Waals surface area contributed by atoms with Gasteiger partial charge in [-0.15, -0.1) is 18.2 Å². The highest BCUT2D eigenvalue weighted by Gasteiger charge is 1.93. The zero-order valence-corrected chi connectivity index (χ0v) is 8.55. The molecule has 0 amide bonds. The number of nitrogens with two attached hydrogens (primary N) is 1. The topological polar surface area (TPSA) is 63.8 Å². The first-order valence-electron chi connectivity index (χ1n) is 4.16. The molecular weight excluding hydrogens is 196 g/mol. The van der Waals surface area contributed by atoms with E-state index >= 15 is 0 Å². The third-order valence-electron chi connectivity index (χ3n) is 1.41. The molecule has 0 aliphatic heterocycles. The maximum Gasteiger partial charge on any atom is 0.221 e. The van der Waals surface area contributed by atoms with Crippen molar-refractivity contribution in [2.75, 3.05) is 29.1 Å². The molecule has 0 unspecified atom stereocenters. The van der Waals surface area contributed by atoms with Crippen molar-refractivity contribution in [2.24, 2.45) is 0 Å². The van der Waals surface area contributed by atoms with Gasteiger partial charge in [0.1, 0.15) is 5.82 Å². The number of rotatable bonds is 5. The minimum atomic E-state index is 0.284.